The van der Waals surface area contributed by atoms with E-state index in [0.717, 1.165) is 37.9 Å². The lowest BCUT2D eigenvalue weighted by atomic mass is 10.2. The molecule has 0 aromatic carbocycles. The number of aliphatic imine (C=N–C) groups is 1. The van der Waals surface area contributed by atoms with Gasteiger partial charge in [0.15, 0.2) is 5.82 Å². The lowest BCUT2D eigenvalue weighted by Crippen LogP contribution is -2.10. The Morgan fingerprint density at radius 3 is 3.00 bits per heavy atom. The molecule has 0 saturated heterocycles. The van der Waals surface area contributed by atoms with Crippen LogP contribution in [0.4, 0.5) is 5.82 Å². The van der Waals surface area contributed by atoms with Crippen LogP contribution in [0.25, 0.3) is 0 Å². The van der Waals surface area contributed by atoms with Crippen LogP contribution < -0.4 is 5.32 Å². The number of aromatic nitrogens is 2. The summed E-state index contributed by atoms with van der Waals surface area (Å²) >= 11 is 0. The highest BCUT2D eigenvalue weighted by atomic mass is 16.3. The van der Waals surface area contributed by atoms with E-state index in [9.17, 15) is 5.11 Å². The molecule has 100 valence electrons. The van der Waals surface area contributed by atoms with E-state index < -0.39 is 6.10 Å². The summed E-state index contributed by atoms with van der Waals surface area (Å²) in [6.45, 7) is 1.48. The van der Waals surface area contributed by atoms with Crippen LogP contribution in [-0.2, 0) is 6.54 Å². The minimum absolute atomic E-state index is 0.264. The van der Waals surface area contributed by atoms with Crippen molar-refractivity contribution in [2.24, 2.45) is 4.99 Å². The Bertz CT molecular complexity index is 403. The van der Waals surface area contributed by atoms with E-state index in [-0.39, 0.29) is 6.61 Å². The molecule has 1 aromatic heterocycles. The average molecular weight is 252 g/mol. The lowest BCUT2D eigenvalue weighted by Gasteiger charge is -2.12. The maximum atomic E-state index is 10.0. The van der Waals surface area contributed by atoms with Crippen LogP contribution in [0.15, 0.2) is 11.3 Å². The van der Waals surface area contributed by atoms with Crippen LogP contribution in [0.5, 0.6) is 0 Å². The van der Waals surface area contributed by atoms with Gasteiger partial charge in [-0.25, -0.2) is 4.98 Å². The standard InChI is InChI=1S/C12H20N4O2/c17-6-4-2-1-3-5-16-9-15-12-11(16)10(18)7-13-8-14-12/h8-10,17-18H,1-7H2,(H,13,14). The molecular formula is C12H20N4O2. The first kappa shape index (κ1) is 13.0. The molecule has 0 saturated carbocycles. The van der Waals surface area contributed by atoms with Crippen LogP contribution in [-0.4, -0.2) is 39.3 Å². The Morgan fingerprint density at radius 2 is 2.17 bits per heavy atom. The lowest BCUT2D eigenvalue weighted by molar-refractivity contribution is 0.178. The average Bonchev–Trinajstić information content (AvgIpc) is 2.68. The summed E-state index contributed by atoms with van der Waals surface area (Å²) in [6, 6.07) is 0. The van der Waals surface area contributed by atoms with E-state index in [2.05, 4.69) is 15.3 Å². The Balaban J connectivity index is 1.92. The van der Waals surface area contributed by atoms with E-state index in [1.807, 2.05) is 4.57 Å². The van der Waals surface area contributed by atoms with Crippen molar-refractivity contribution in [1.82, 2.24) is 9.55 Å². The topological polar surface area (TPSA) is 82.7 Å². The van der Waals surface area contributed by atoms with E-state index >= 15 is 0 Å². The van der Waals surface area contributed by atoms with Crippen molar-refractivity contribution in [3.8, 4) is 0 Å². The van der Waals surface area contributed by atoms with Gasteiger partial charge in [0.2, 0.25) is 0 Å². The van der Waals surface area contributed by atoms with Gasteiger partial charge in [-0.2, -0.15) is 0 Å². The van der Waals surface area contributed by atoms with Gasteiger partial charge >= 0.3 is 0 Å². The van der Waals surface area contributed by atoms with Gasteiger partial charge in [0.1, 0.15) is 6.10 Å². The molecule has 0 bridgehead atoms. The maximum Gasteiger partial charge on any atom is 0.155 e. The second-order valence-corrected chi connectivity index (χ2v) is 4.46. The number of aliphatic hydroxyl groups is 2. The molecular weight excluding hydrogens is 232 g/mol. The maximum absolute atomic E-state index is 10.0. The molecule has 0 spiro atoms. The molecule has 0 radical (unpaired) electrons. The Labute approximate surface area is 106 Å². The first-order valence-electron chi connectivity index (χ1n) is 6.41. The third-order valence-corrected chi connectivity index (χ3v) is 3.07. The van der Waals surface area contributed by atoms with Crippen molar-refractivity contribution in [3.63, 3.8) is 0 Å². The summed E-state index contributed by atoms with van der Waals surface area (Å²) in [5.74, 6) is 0.694. The van der Waals surface area contributed by atoms with Crippen LogP contribution in [0.1, 0.15) is 37.5 Å². The molecule has 2 heterocycles. The van der Waals surface area contributed by atoms with Gasteiger partial charge in [-0.1, -0.05) is 12.8 Å². The number of hydrogen-bond acceptors (Lipinski definition) is 5. The van der Waals surface area contributed by atoms with Crippen molar-refractivity contribution >= 4 is 12.2 Å². The molecule has 6 heteroatoms. The molecule has 1 atom stereocenters. The Morgan fingerprint density at radius 1 is 1.33 bits per heavy atom. The second-order valence-electron chi connectivity index (χ2n) is 4.46. The molecule has 1 unspecified atom stereocenters. The zero-order valence-electron chi connectivity index (χ0n) is 10.4. The van der Waals surface area contributed by atoms with Gasteiger partial charge in [0.25, 0.3) is 0 Å². The van der Waals surface area contributed by atoms with Crippen molar-refractivity contribution < 1.29 is 10.2 Å². The minimum Gasteiger partial charge on any atom is -0.396 e. The highest BCUT2D eigenvalue weighted by molar-refractivity contribution is 5.75. The fourth-order valence-corrected chi connectivity index (χ4v) is 2.12. The molecule has 3 N–H and O–H groups in total. The Hall–Kier alpha value is -1.40. The summed E-state index contributed by atoms with van der Waals surface area (Å²) in [6.07, 6.45) is 6.74. The van der Waals surface area contributed by atoms with E-state index in [1.54, 1.807) is 12.7 Å². The number of imidazole rings is 1. The normalized spacial score (nSPS) is 18.2. The number of fused-ring (bicyclic) bond motifs is 1. The summed E-state index contributed by atoms with van der Waals surface area (Å²) < 4.78 is 1.99. The van der Waals surface area contributed by atoms with Crippen molar-refractivity contribution in [1.29, 1.82) is 0 Å². The second kappa shape index (κ2) is 6.51. The summed E-state index contributed by atoms with van der Waals surface area (Å²) in [5, 5.41) is 21.7. The third-order valence-electron chi connectivity index (χ3n) is 3.07. The number of nitrogens with zero attached hydrogens (tertiary/aromatic N) is 3. The van der Waals surface area contributed by atoms with E-state index in [4.69, 9.17) is 5.11 Å². The molecule has 0 fully saturated rings. The smallest absolute Gasteiger partial charge is 0.155 e. The van der Waals surface area contributed by atoms with E-state index in [0.29, 0.717) is 12.4 Å². The minimum atomic E-state index is -0.591. The number of rotatable bonds is 6. The van der Waals surface area contributed by atoms with E-state index in [1.165, 1.54) is 0 Å². The van der Waals surface area contributed by atoms with Gasteiger partial charge < -0.3 is 20.1 Å². The predicted molar refractivity (Wildman–Crippen MR) is 69.7 cm³/mol. The SMILES string of the molecule is OCCCCCCn1cnc2c1C(O)CN=CN2. The summed E-state index contributed by atoms with van der Waals surface area (Å²) in [5.41, 5.74) is 0.814. The van der Waals surface area contributed by atoms with Gasteiger partial charge in [-0.15, -0.1) is 0 Å². The molecule has 1 aromatic rings. The highest BCUT2D eigenvalue weighted by Crippen LogP contribution is 2.24. The predicted octanol–water partition coefficient (Wildman–Crippen LogP) is 0.923. The fourth-order valence-electron chi connectivity index (χ4n) is 2.12. The van der Waals surface area contributed by atoms with Crippen LogP contribution in [0, 0.1) is 0 Å². The van der Waals surface area contributed by atoms with Crippen molar-refractivity contribution in [2.45, 2.75) is 38.3 Å². The van der Waals surface area contributed by atoms with Gasteiger partial charge in [-0.3, -0.25) is 4.99 Å². The number of hydrogen-bond donors (Lipinski definition) is 3. The molecule has 0 amide bonds. The van der Waals surface area contributed by atoms with Crippen molar-refractivity contribution in [3.05, 3.63) is 12.0 Å². The Kier molecular flexibility index (Phi) is 4.72. The van der Waals surface area contributed by atoms with Crippen LogP contribution in [0.2, 0.25) is 0 Å². The fraction of sp³-hybridized carbons (Fsp3) is 0.667. The number of aliphatic hydroxyl groups excluding tert-OH is 2. The molecule has 1 aliphatic heterocycles. The third kappa shape index (κ3) is 3.08. The zero-order chi connectivity index (χ0) is 12.8. The first-order valence-corrected chi connectivity index (χ1v) is 6.41. The highest BCUT2D eigenvalue weighted by Gasteiger charge is 2.20. The largest absolute Gasteiger partial charge is 0.396 e. The number of nitrogens with one attached hydrogen (secondary N) is 1. The molecule has 1 aliphatic rings. The monoisotopic (exact) mass is 252 g/mol. The van der Waals surface area contributed by atoms with Crippen LogP contribution in [0.3, 0.4) is 0 Å². The van der Waals surface area contributed by atoms with Crippen molar-refractivity contribution in [2.75, 3.05) is 18.5 Å². The summed E-state index contributed by atoms with van der Waals surface area (Å²) in [4.78, 5) is 8.28. The quantitative estimate of drug-likeness (QED) is 0.658. The number of aryl methyl sites for hydroxylation is 1. The van der Waals surface area contributed by atoms with Gasteiger partial charge in [-0.05, 0) is 12.8 Å². The molecule has 0 aliphatic carbocycles. The summed E-state index contributed by atoms with van der Waals surface area (Å²) in [7, 11) is 0. The van der Waals surface area contributed by atoms with Crippen LogP contribution >= 0.6 is 0 Å². The van der Waals surface area contributed by atoms with Gasteiger partial charge in [0, 0.05) is 13.2 Å². The molecule has 6 nitrogen and oxygen atoms in total. The first-order chi connectivity index (χ1) is 8.83. The van der Waals surface area contributed by atoms with Gasteiger partial charge in [0.05, 0.1) is 24.9 Å². The molecule has 18 heavy (non-hydrogen) atoms. The molecule has 2 rings (SSSR count). The zero-order valence-corrected chi connectivity index (χ0v) is 10.4. The number of anilines is 1. The number of unbranched alkanes of at least 4 members (excludes halogenated alkanes) is 3.